The molecule has 4 N–H and O–H groups in total. The fourth-order valence-electron chi connectivity index (χ4n) is 4.20. The molecule has 3 aromatic rings. The van der Waals surface area contributed by atoms with E-state index in [0.717, 1.165) is 48.5 Å². The van der Waals surface area contributed by atoms with Gasteiger partial charge < -0.3 is 15.1 Å². The molecular weight excluding hydrogens is 655 g/mol. The number of halogens is 2. The lowest BCUT2D eigenvalue weighted by molar-refractivity contribution is -0.675. The zero-order valence-electron chi connectivity index (χ0n) is 21.5. The van der Waals surface area contributed by atoms with Gasteiger partial charge in [-0.3, -0.25) is 4.55 Å². The van der Waals surface area contributed by atoms with Crippen LogP contribution in [0.1, 0.15) is 18.4 Å². The maximum Gasteiger partial charge on any atom is 0.267 e. The first-order valence-electron chi connectivity index (χ1n) is 12.2. The molecule has 41 heavy (non-hydrogen) atoms. The molecule has 2 aromatic carbocycles. The molecule has 10 nitrogen and oxygen atoms in total. The van der Waals surface area contributed by atoms with E-state index in [2.05, 4.69) is 9.37 Å². The zero-order chi connectivity index (χ0) is 29.7. The molecule has 2 unspecified atom stereocenters. The summed E-state index contributed by atoms with van der Waals surface area (Å²) in [7, 11) is -4.37. The molecule has 1 aliphatic rings. The van der Waals surface area contributed by atoms with E-state index < -0.39 is 28.1 Å². The smallest absolute Gasteiger partial charge is 0.267 e. The molecular formula is C25H27Cl2N2O8S4+. The van der Waals surface area contributed by atoms with Gasteiger partial charge in [0.2, 0.25) is 5.52 Å². The minimum absolute atomic E-state index is 0.0756. The van der Waals surface area contributed by atoms with Gasteiger partial charge in [-0.1, -0.05) is 58.3 Å². The number of aliphatic hydroxyl groups is 2. The van der Waals surface area contributed by atoms with Crippen LogP contribution in [0.25, 0.3) is 16.3 Å². The lowest BCUT2D eigenvalue weighted by Crippen LogP contribution is -2.42. The lowest BCUT2D eigenvalue weighted by Gasteiger charge is -2.23. The summed E-state index contributed by atoms with van der Waals surface area (Å²) in [6, 6.07) is 10.9. The van der Waals surface area contributed by atoms with Crippen LogP contribution in [-0.2, 0) is 26.0 Å². The molecule has 2 heterocycles. The summed E-state index contributed by atoms with van der Waals surface area (Å²) in [5.74, 6) is -0.661. The number of fused-ring (bicyclic) bond motifs is 2. The number of aliphatic hydroxyl groups excluding tert-OH is 2. The van der Waals surface area contributed by atoms with Crippen molar-refractivity contribution in [3.8, 4) is 0 Å². The average molecular weight is 683 g/mol. The second-order valence-corrected chi connectivity index (χ2v) is 14.2. The van der Waals surface area contributed by atoms with Crippen LogP contribution in [0.3, 0.4) is 0 Å². The number of thiazole rings is 1. The zero-order valence-corrected chi connectivity index (χ0v) is 26.3. The normalized spacial score (nSPS) is 16.5. The van der Waals surface area contributed by atoms with Gasteiger partial charge in [0.05, 0.1) is 29.1 Å². The van der Waals surface area contributed by atoms with Crippen LogP contribution in [0, 0.1) is 0 Å². The Bertz CT molecular complexity index is 1560. The van der Waals surface area contributed by atoms with E-state index >= 15 is 0 Å². The molecule has 1 aromatic heterocycles. The van der Waals surface area contributed by atoms with Gasteiger partial charge in [0.15, 0.2) is 6.54 Å². The van der Waals surface area contributed by atoms with Crippen molar-refractivity contribution in [2.75, 3.05) is 23.0 Å². The third kappa shape index (κ3) is 8.81. The Morgan fingerprint density at radius 2 is 1.90 bits per heavy atom. The molecule has 0 amide bonds. The van der Waals surface area contributed by atoms with Gasteiger partial charge in [-0.05, 0) is 48.4 Å². The van der Waals surface area contributed by atoms with Crippen molar-refractivity contribution in [1.29, 1.82) is 0 Å². The van der Waals surface area contributed by atoms with Crippen molar-refractivity contribution in [2.24, 2.45) is 0 Å². The first kappa shape index (κ1) is 32.5. The van der Waals surface area contributed by atoms with Gasteiger partial charge in [0, 0.05) is 39.1 Å². The van der Waals surface area contributed by atoms with Gasteiger partial charge in [0.1, 0.15) is 16.6 Å². The fourth-order valence-corrected chi connectivity index (χ4v) is 7.74. The molecule has 0 bridgehead atoms. The summed E-state index contributed by atoms with van der Waals surface area (Å²) in [5.41, 5.74) is 2.49. The predicted octanol–water partition coefficient (Wildman–Crippen LogP) is 5.42. The summed E-state index contributed by atoms with van der Waals surface area (Å²) in [4.78, 5) is 2.67. The fraction of sp³-hybridized carbons (Fsp3) is 0.320. The number of allylic oxidation sites excluding steroid dienone is 2. The Labute approximate surface area is 259 Å². The SMILES string of the molecule is CCC(=Cc1sc2ccc(Cl)cc2[n+]1CC(O)CSOOO)C=C1Sc2ccc(Cl)cc2N1CC(O)CS(=O)(=O)O. The molecule has 1 aliphatic heterocycles. The van der Waals surface area contributed by atoms with E-state index in [0.29, 0.717) is 16.5 Å². The Balaban J connectivity index is 1.71. The Morgan fingerprint density at radius 3 is 2.61 bits per heavy atom. The van der Waals surface area contributed by atoms with E-state index in [1.54, 1.807) is 23.1 Å². The van der Waals surface area contributed by atoms with Crippen LogP contribution in [-0.4, -0.2) is 58.7 Å². The molecule has 0 aliphatic carbocycles. The monoisotopic (exact) mass is 681 g/mol. The Hall–Kier alpha value is -1.40. The summed E-state index contributed by atoms with van der Waals surface area (Å²) in [5, 5.41) is 35.7. The van der Waals surface area contributed by atoms with E-state index in [1.807, 2.05) is 41.8 Å². The summed E-state index contributed by atoms with van der Waals surface area (Å²) in [6.07, 6.45) is 2.41. The summed E-state index contributed by atoms with van der Waals surface area (Å²) < 4.78 is 39.3. The van der Waals surface area contributed by atoms with E-state index in [9.17, 15) is 23.2 Å². The van der Waals surface area contributed by atoms with Gasteiger partial charge in [-0.2, -0.15) is 13.0 Å². The molecule has 4 rings (SSSR count). The third-order valence-corrected chi connectivity index (χ3v) is 10.1. The Morgan fingerprint density at radius 1 is 1.17 bits per heavy atom. The van der Waals surface area contributed by atoms with Crippen LogP contribution in [0.15, 0.2) is 58.0 Å². The molecule has 0 fully saturated rings. The highest BCUT2D eigenvalue weighted by molar-refractivity contribution is 8.03. The van der Waals surface area contributed by atoms with Crippen molar-refractivity contribution in [3.05, 3.63) is 68.1 Å². The average Bonchev–Trinajstić information content (AvgIpc) is 3.39. The second-order valence-electron chi connectivity index (χ2n) is 9.03. The number of aromatic nitrogens is 1. The Kier molecular flexibility index (Phi) is 11.4. The second kappa shape index (κ2) is 14.4. The van der Waals surface area contributed by atoms with Crippen molar-refractivity contribution in [2.45, 2.75) is 37.0 Å². The molecule has 0 spiro atoms. The lowest BCUT2D eigenvalue weighted by atomic mass is 10.2. The number of benzene rings is 2. The summed E-state index contributed by atoms with van der Waals surface area (Å²) >= 11 is 16.3. The first-order valence-corrected chi connectivity index (χ1v) is 17.1. The highest BCUT2D eigenvalue weighted by Gasteiger charge is 2.29. The number of hydrogen-bond donors (Lipinski definition) is 4. The van der Waals surface area contributed by atoms with E-state index in [4.69, 9.17) is 28.5 Å². The van der Waals surface area contributed by atoms with Gasteiger partial charge in [0.25, 0.3) is 15.1 Å². The van der Waals surface area contributed by atoms with Gasteiger partial charge in [-0.25, -0.2) is 5.26 Å². The van der Waals surface area contributed by atoms with Crippen molar-refractivity contribution in [3.63, 3.8) is 0 Å². The number of thioether (sulfide) groups is 1. The number of rotatable bonds is 13. The largest absolute Gasteiger partial charge is 0.390 e. The number of hydrogen-bond acceptors (Lipinski definition) is 11. The molecule has 0 saturated heterocycles. The van der Waals surface area contributed by atoms with Crippen molar-refractivity contribution >= 4 is 90.4 Å². The first-order chi connectivity index (χ1) is 19.5. The highest BCUT2D eigenvalue weighted by atomic mass is 35.5. The molecule has 222 valence electrons. The standard InChI is InChI=1S/C25H26Cl2N2O8S4/c1-2-15(7-24-28(11-18(30)13-38-37-36-32)20-9-16(26)3-5-22(20)39-24)8-25-29(12-19(31)14-41(33,34)35)21-10-17(27)4-6-23(21)40-25/h3-10,18-19,30-31H,2,11-14H2,1H3,(H-,32,33,34,35)/p+1. The third-order valence-electron chi connectivity index (χ3n) is 5.94. The van der Waals surface area contributed by atoms with Crippen LogP contribution >= 0.6 is 58.3 Å². The number of nitrogens with zero attached hydrogens (tertiary/aromatic N) is 2. The van der Waals surface area contributed by atoms with Crippen LogP contribution in [0.5, 0.6) is 0 Å². The molecule has 16 heteroatoms. The van der Waals surface area contributed by atoms with E-state index in [-0.39, 0.29) is 18.8 Å². The number of β-amino-alcohol motifs (C(OH)–C–C–N with tert-alkyl or cyclic N) is 1. The molecule has 0 radical (unpaired) electrons. The minimum atomic E-state index is -4.37. The number of anilines is 1. The maximum atomic E-state index is 11.4. The van der Waals surface area contributed by atoms with Crippen LogP contribution < -0.4 is 9.47 Å². The van der Waals surface area contributed by atoms with E-state index in [1.165, 1.54) is 23.1 Å². The molecule has 2 atom stereocenters. The highest BCUT2D eigenvalue weighted by Crippen LogP contribution is 2.47. The topological polar surface area (TPSA) is 141 Å². The maximum absolute atomic E-state index is 11.4. The predicted molar refractivity (Wildman–Crippen MR) is 164 cm³/mol. The van der Waals surface area contributed by atoms with Crippen molar-refractivity contribution < 1.29 is 42.4 Å². The van der Waals surface area contributed by atoms with Crippen LogP contribution in [0.2, 0.25) is 10.0 Å². The quantitative estimate of drug-likeness (QED) is 0.0459. The summed E-state index contributed by atoms with van der Waals surface area (Å²) in [6.45, 7) is 2.14. The van der Waals surface area contributed by atoms with Crippen molar-refractivity contribution in [1.82, 2.24) is 0 Å². The van der Waals surface area contributed by atoms with Crippen LogP contribution in [0.4, 0.5) is 5.69 Å². The van der Waals surface area contributed by atoms with Gasteiger partial charge >= 0.3 is 0 Å². The van der Waals surface area contributed by atoms with Gasteiger partial charge in [-0.15, -0.1) is 4.33 Å². The molecule has 0 saturated carbocycles. The minimum Gasteiger partial charge on any atom is -0.390 e.